The van der Waals surface area contributed by atoms with Crippen molar-refractivity contribution in [1.29, 1.82) is 0 Å². The predicted octanol–water partition coefficient (Wildman–Crippen LogP) is 0.795. The lowest BCUT2D eigenvalue weighted by Gasteiger charge is -2.00. The van der Waals surface area contributed by atoms with Crippen LogP contribution < -0.4 is 5.56 Å². The zero-order valence-electron chi connectivity index (χ0n) is 8.85. The highest BCUT2D eigenvalue weighted by Gasteiger charge is 2.02. The van der Waals surface area contributed by atoms with E-state index in [1.54, 1.807) is 6.07 Å². The second-order valence-electron chi connectivity index (χ2n) is 3.54. The number of aromatic hydroxyl groups is 1. The molecule has 0 atom stereocenters. The molecule has 0 aromatic carbocycles. The topological polar surface area (TPSA) is 78.9 Å². The molecule has 0 aliphatic rings. The Morgan fingerprint density at radius 1 is 1.29 bits per heavy atom. The van der Waals surface area contributed by atoms with Gasteiger partial charge < -0.3 is 5.11 Å². The van der Waals surface area contributed by atoms with Crippen molar-refractivity contribution in [2.45, 2.75) is 12.8 Å². The summed E-state index contributed by atoms with van der Waals surface area (Å²) in [5.41, 5.74) is 0.653. The lowest BCUT2D eigenvalue weighted by molar-refractivity contribution is 0.462. The fourth-order valence-electron chi connectivity index (χ4n) is 1.37. The second kappa shape index (κ2) is 4.73. The van der Waals surface area contributed by atoms with Gasteiger partial charge in [-0.05, 0) is 25.0 Å². The molecular formula is C11H10FN3O2. The van der Waals surface area contributed by atoms with E-state index in [9.17, 15) is 14.3 Å². The zero-order valence-corrected chi connectivity index (χ0v) is 8.85. The van der Waals surface area contributed by atoms with E-state index >= 15 is 0 Å². The molecule has 0 saturated heterocycles. The molecule has 2 heterocycles. The number of hydrogen-bond acceptors (Lipinski definition) is 4. The molecule has 2 aromatic heterocycles. The van der Waals surface area contributed by atoms with Crippen LogP contribution in [-0.4, -0.2) is 20.3 Å². The Morgan fingerprint density at radius 3 is 2.71 bits per heavy atom. The van der Waals surface area contributed by atoms with Crippen LogP contribution in [0.15, 0.2) is 29.2 Å². The predicted molar refractivity (Wildman–Crippen MR) is 58.1 cm³/mol. The van der Waals surface area contributed by atoms with E-state index in [1.807, 2.05) is 0 Å². The van der Waals surface area contributed by atoms with Gasteiger partial charge in [0, 0.05) is 11.8 Å². The van der Waals surface area contributed by atoms with Crippen molar-refractivity contribution >= 4 is 0 Å². The first kappa shape index (κ1) is 11.3. The number of H-pyrrole nitrogens is 1. The van der Waals surface area contributed by atoms with Crippen LogP contribution in [0.4, 0.5) is 4.39 Å². The Balaban J connectivity index is 2.04. The maximum Gasteiger partial charge on any atom is 0.306 e. The van der Waals surface area contributed by atoms with E-state index in [0.29, 0.717) is 18.5 Å². The van der Waals surface area contributed by atoms with Crippen LogP contribution in [0.25, 0.3) is 0 Å². The van der Waals surface area contributed by atoms with Crippen LogP contribution in [0, 0.1) is 5.82 Å². The fourth-order valence-corrected chi connectivity index (χ4v) is 1.37. The van der Waals surface area contributed by atoms with Crippen molar-refractivity contribution in [1.82, 2.24) is 15.2 Å². The van der Waals surface area contributed by atoms with Crippen molar-refractivity contribution in [3.63, 3.8) is 0 Å². The number of aryl methyl sites for hydroxylation is 2. The minimum atomic E-state index is -0.617. The number of nitrogens with zero attached hydrogens (tertiary/aromatic N) is 2. The number of aromatic amines is 1. The summed E-state index contributed by atoms with van der Waals surface area (Å²) in [5, 5.41) is 15.1. The number of nitrogens with one attached hydrogen (secondary N) is 1. The first-order chi connectivity index (χ1) is 8.15. The molecule has 0 unspecified atom stereocenters. The highest BCUT2D eigenvalue weighted by Crippen LogP contribution is 2.06. The van der Waals surface area contributed by atoms with Gasteiger partial charge in [0.25, 0.3) is 0 Å². The molecule has 6 heteroatoms. The molecule has 0 fully saturated rings. The zero-order chi connectivity index (χ0) is 12.3. The summed E-state index contributed by atoms with van der Waals surface area (Å²) in [4.78, 5) is 14.8. The van der Waals surface area contributed by atoms with Gasteiger partial charge in [0.05, 0.1) is 11.9 Å². The SMILES string of the molecule is O=c1[nH]nc(CCc2ccc(F)cn2)cc1O. The Morgan fingerprint density at radius 2 is 2.06 bits per heavy atom. The molecule has 0 spiro atoms. The van der Waals surface area contributed by atoms with E-state index in [0.717, 1.165) is 11.9 Å². The van der Waals surface area contributed by atoms with Crippen molar-refractivity contribution in [2.75, 3.05) is 0 Å². The van der Waals surface area contributed by atoms with E-state index in [-0.39, 0.29) is 11.6 Å². The largest absolute Gasteiger partial charge is 0.503 e. The molecule has 2 N–H and O–H groups in total. The molecule has 2 rings (SSSR count). The van der Waals surface area contributed by atoms with Crippen molar-refractivity contribution in [3.05, 3.63) is 52.0 Å². The number of aromatic nitrogens is 3. The van der Waals surface area contributed by atoms with Crippen LogP contribution in [-0.2, 0) is 12.8 Å². The van der Waals surface area contributed by atoms with Gasteiger partial charge in [-0.25, -0.2) is 9.49 Å². The summed E-state index contributed by atoms with van der Waals surface area (Å²) in [5.74, 6) is -0.740. The minimum Gasteiger partial charge on any atom is -0.503 e. The summed E-state index contributed by atoms with van der Waals surface area (Å²) in [6.07, 6.45) is 2.20. The standard InChI is InChI=1S/C11H10FN3O2/c12-7-1-2-8(13-6-7)3-4-9-5-10(16)11(17)15-14-9/h1-2,5-6H,3-4H2,(H,14,16)(H,15,17). The molecule has 88 valence electrons. The van der Waals surface area contributed by atoms with E-state index in [2.05, 4.69) is 15.2 Å². The van der Waals surface area contributed by atoms with Gasteiger partial charge in [0.15, 0.2) is 5.75 Å². The third-order valence-corrected chi connectivity index (χ3v) is 2.26. The van der Waals surface area contributed by atoms with E-state index in [4.69, 9.17) is 0 Å². The minimum absolute atomic E-state index is 0.359. The van der Waals surface area contributed by atoms with Crippen molar-refractivity contribution in [3.8, 4) is 5.75 Å². The maximum absolute atomic E-state index is 12.6. The molecule has 0 aliphatic carbocycles. The molecular weight excluding hydrogens is 225 g/mol. The van der Waals surface area contributed by atoms with Gasteiger partial charge in [0.2, 0.25) is 0 Å². The van der Waals surface area contributed by atoms with Gasteiger partial charge >= 0.3 is 5.56 Å². The van der Waals surface area contributed by atoms with Crippen LogP contribution in [0.2, 0.25) is 0 Å². The van der Waals surface area contributed by atoms with E-state index in [1.165, 1.54) is 12.1 Å². The average Bonchev–Trinajstić information content (AvgIpc) is 2.33. The maximum atomic E-state index is 12.6. The Kier molecular flexibility index (Phi) is 3.13. The average molecular weight is 235 g/mol. The van der Waals surface area contributed by atoms with Gasteiger partial charge in [-0.15, -0.1) is 0 Å². The summed E-state index contributed by atoms with van der Waals surface area (Å²) < 4.78 is 12.6. The highest BCUT2D eigenvalue weighted by atomic mass is 19.1. The third kappa shape index (κ3) is 2.87. The normalized spacial score (nSPS) is 10.4. The highest BCUT2D eigenvalue weighted by molar-refractivity contribution is 5.18. The van der Waals surface area contributed by atoms with Crippen LogP contribution in [0.5, 0.6) is 5.75 Å². The molecule has 17 heavy (non-hydrogen) atoms. The number of pyridine rings is 1. The van der Waals surface area contributed by atoms with Gasteiger partial charge in [-0.3, -0.25) is 9.78 Å². The smallest absolute Gasteiger partial charge is 0.306 e. The summed E-state index contributed by atoms with van der Waals surface area (Å²) in [7, 11) is 0. The van der Waals surface area contributed by atoms with Gasteiger partial charge in [-0.1, -0.05) is 0 Å². The van der Waals surface area contributed by atoms with Crippen LogP contribution in [0.3, 0.4) is 0 Å². The number of rotatable bonds is 3. The van der Waals surface area contributed by atoms with Gasteiger partial charge in [0.1, 0.15) is 5.82 Å². The number of halogens is 1. The van der Waals surface area contributed by atoms with Gasteiger partial charge in [-0.2, -0.15) is 5.10 Å². The molecule has 2 aromatic rings. The van der Waals surface area contributed by atoms with Crippen LogP contribution in [0.1, 0.15) is 11.4 Å². The lowest BCUT2D eigenvalue weighted by Crippen LogP contribution is -2.09. The first-order valence-electron chi connectivity index (χ1n) is 5.03. The molecule has 0 bridgehead atoms. The summed E-state index contributed by atoms with van der Waals surface area (Å²) >= 11 is 0. The lowest BCUT2D eigenvalue weighted by atomic mass is 10.1. The number of hydrogen-bond donors (Lipinski definition) is 2. The monoisotopic (exact) mass is 235 g/mol. The molecule has 5 nitrogen and oxygen atoms in total. The Bertz CT molecular complexity index is 566. The molecule has 0 saturated carbocycles. The van der Waals surface area contributed by atoms with Crippen LogP contribution >= 0.6 is 0 Å². The quantitative estimate of drug-likeness (QED) is 0.824. The Labute approximate surface area is 96.0 Å². The van der Waals surface area contributed by atoms with Crippen molar-refractivity contribution in [2.24, 2.45) is 0 Å². The second-order valence-corrected chi connectivity index (χ2v) is 3.54. The Hall–Kier alpha value is -2.24. The fraction of sp³-hybridized carbons (Fsp3) is 0.182. The first-order valence-corrected chi connectivity index (χ1v) is 5.03. The summed E-state index contributed by atoms with van der Waals surface area (Å²) in [6, 6.07) is 4.23. The molecule has 0 aliphatic heterocycles. The third-order valence-electron chi connectivity index (χ3n) is 2.26. The van der Waals surface area contributed by atoms with E-state index < -0.39 is 5.56 Å². The molecule has 0 amide bonds. The van der Waals surface area contributed by atoms with Crippen molar-refractivity contribution < 1.29 is 9.50 Å². The summed E-state index contributed by atoms with van der Waals surface area (Å²) in [6.45, 7) is 0. The molecule has 0 radical (unpaired) electrons.